The fourth-order valence-corrected chi connectivity index (χ4v) is 11.4. The third-order valence-corrected chi connectivity index (χ3v) is 15.0. The van der Waals surface area contributed by atoms with Gasteiger partial charge in [0.25, 0.3) is 11.8 Å². The van der Waals surface area contributed by atoms with Crippen LogP contribution in [0, 0.1) is 35.0 Å². The highest BCUT2D eigenvalue weighted by Crippen LogP contribution is 2.42. The number of amides is 3. The van der Waals surface area contributed by atoms with Crippen molar-refractivity contribution >= 4 is 34.6 Å². The summed E-state index contributed by atoms with van der Waals surface area (Å²) >= 11 is 0. The molecule has 6 bridgehead atoms. The van der Waals surface area contributed by atoms with E-state index in [1.807, 2.05) is 43.3 Å². The number of likely N-dealkylation sites (tertiary alicyclic amines) is 1. The van der Waals surface area contributed by atoms with Crippen LogP contribution >= 0.6 is 0 Å². The summed E-state index contributed by atoms with van der Waals surface area (Å²) in [4.78, 5) is 65.5. The van der Waals surface area contributed by atoms with Crippen LogP contribution in [0.5, 0.6) is 0 Å². The molecule has 5 heterocycles. The Morgan fingerprint density at radius 3 is 2.57 bits per heavy atom. The van der Waals surface area contributed by atoms with Crippen molar-refractivity contribution in [3.63, 3.8) is 0 Å². The van der Waals surface area contributed by atoms with Crippen LogP contribution in [0.1, 0.15) is 103 Å². The van der Waals surface area contributed by atoms with E-state index in [9.17, 15) is 19.2 Å². The Morgan fingerprint density at radius 1 is 1.04 bits per heavy atom. The number of rotatable bonds is 10. The quantitative estimate of drug-likeness (QED) is 0.124. The van der Waals surface area contributed by atoms with Crippen molar-refractivity contribution in [1.82, 2.24) is 35.1 Å². The van der Waals surface area contributed by atoms with Gasteiger partial charge in [-0.2, -0.15) is 0 Å². The van der Waals surface area contributed by atoms with Crippen molar-refractivity contribution < 1.29 is 28.7 Å². The standard InChI is InChI=1S/C55H71N7O6/c1-9-16-48(63)60-31-35(3)41(33-60)32-59(7)50(38-18-11-12-19-38)52(64)57-46-28-37-17-13-20-39(27-37)40-23-24-47-43(29-40)44(51(61(47)10-2)42-21-14-25-56-49(42)36(4)67-8)30-55(5,6)34-68-54(66)45-22-15-26-62(58-45)53(46)65/h13-14,17,20-21,23-25,27,29,35-36,38,41,45-46,50,58H,10-12,15,18-19,22,26,28,30-34H2,1-8H3,(H,57,64)/t35-,36-,41?,45-,46-,50-/m0/s1. The molecule has 362 valence electrons. The highest BCUT2D eigenvalue weighted by atomic mass is 16.5. The minimum atomic E-state index is -0.917. The number of carbonyl (C=O) groups is 4. The Balaban J connectivity index is 1.17. The monoisotopic (exact) mass is 926 g/mol. The van der Waals surface area contributed by atoms with E-state index >= 15 is 0 Å². The summed E-state index contributed by atoms with van der Waals surface area (Å²) in [5.41, 5.74) is 10.9. The zero-order valence-corrected chi connectivity index (χ0v) is 41.4. The lowest BCUT2D eigenvalue weighted by Crippen LogP contribution is -2.62. The Bertz CT molecular complexity index is 2570. The van der Waals surface area contributed by atoms with Gasteiger partial charge in [-0.1, -0.05) is 69.9 Å². The zero-order valence-electron chi connectivity index (χ0n) is 41.4. The first kappa shape index (κ1) is 48.9. The SMILES string of the molecule is CC#CC(=O)N1CC(CN(C)[C@H](C(=O)N[C@H]2Cc3cccc(c3)-c3ccc4c(c3)c(c(-c3cccnc3[C@H](C)OC)n4CC)CC(C)(C)COC(=O)[C@@H]3CCCN(N3)C2=O)C2CCCC2)[C@@H](C)C1. The molecule has 68 heavy (non-hydrogen) atoms. The lowest BCUT2D eigenvalue weighted by molar-refractivity contribution is -0.155. The molecule has 13 nitrogen and oxygen atoms in total. The number of methoxy groups -OCH3 is 1. The van der Waals surface area contributed by atoms with E-state index in [0.717, 1.165) is 82.3 Å². The fraction of sp³-hybridized carbons (Fsp3) is 0.545. The third kappa shape index (κ3) is 10.4. The number of pyridine rings is 1. The fourth-order valence-electron chi connectivity index (χ4n) is 11.4. The van der Waals surface area contributed by atoms with Crippen molar-refractivity contribution in [2.24, 2.45) is 23.2 Å². The zero-order chi connectivity index (χ0) is 48.3. The Hall–Kier alpha value is -5.55. The molecular formula is C55H71N7O6. The summed E-state index contributed by atoms with van der Waals surface area (Å²) in [6.07, 6.45) is 7.52. The highest BCUT2D eigenvalue weighted by molar-refractivity contribution is 5.96. The van der Waals surface area contributed by atoms with Gasteiger partial charge in [0.1, 0.15) is 12.1 Å². The van der Waals surface area contributed by atoms with Crippen molar-refractivity contribution in [1.29, 1.82) is 0 Å². The average Bonchev–Trinajstić information content (AvgIpc) is 4.07. The van der Waals surface area contributed by atoms with Crippen LogP contribution in [0.2, 0.25) is 0 Å². The molecule has 3 aliphatic heterocycles. The van der Waals surface area contributed by atoms with Crippen LogP contribution < -0.4 is 10.7 Å². The number of hydrogen-bond donors (Lipinski definition) is 2. The van der Waals surface area contributed by atoms with Gasteiger partial charge in [0.2, 0.25) is 5.91 Å². The lowest BCUT2D eigenvalue weighted by Gasteiger charge is -2.37. The predicted molar refractivity (Wildman–Crippen MR) is 265 cm³/mol. The van der Waals surface area contributed by atoms with Crippen molar-refractivity contribution in [3.8, 4) is 34.2 Å². The van der Waals surface area contributed by atoms with E-state index in [0.29, 0.717) is 45.4 Å². The topological polar surface area (TPSA) is 138 Å². The number of likely N-dealkylation sites (N-methyl/N-ethyl adjacent to an activating group) is 1. The van der Waals surface area contributed by atoms with Gasteiger partial charge in [0.05, 0.1) is 30.1 Å². The van der Waals surface area contributed by atoms with E-state index in [2.05, 4.69) is 96.1 Å². The van der Waals surface area contributed by atoms with Gasteiger partial charge in [-0.15, -0.1) is 0 Å². The van der Waals surface area contributed by atoms with Gasteiger partial charge in [-0.05, 0) is 130 Å². The summed E-state index contributed by atoms with van der Waals surface area (Å²) in [5, 5.41) is 5.94. The molecular weight excluding hydrogens is 855 g/mol. The second kappa shape index (κ2) is 21.0. The van der Waals surface area contributed by atoms with Crippen molar-refractivity contribution in [2.45, 2.75) is 124 Å². The molecule has 0 radical (unpaired) electrons. The Morgan fingerprint density at radius 2 is 1.82 bits per heavy atom. The maximum atomic E-state index is 15.0. The lowest BCUT2D eigenvalue weighted by atomic mass is 9.84. The number of benzene rings is 2. The predicted octanol–water partition coefficient (Wildman–Crippen LogP) is 7.35. The molecule has 6 atom stereocenters. The number of ether oxygens (including phenoxy) is 2. The Labute approximate surface area is 402 Å². The van der Waals surface area contributed by atoms with Gasteiger partial charge in [0, 0.05) is 74.3 Å². The number of hydrogen-bond acceptors (Lipinski definition) is 9. The number of carbonyl (C=O) groups excluding carboxylic acids is 4. The van der Waals surface area contributed by atoms with Gasteiger partial charge in [-0.3, -0.25) is 34.1 Å². The molecule has 3 amide bonds. The van der Waals surface area contributed by atoms with Crippen molar-refractivity contribution in [2.75, 3.05) is 46.9 Å². The largest absolute Gasteiger partial charge is 0.464 e. The molecule has 13 heteroatoms. The molecule has 1 saturated carbocycles. The minimum absolute atomic E-state index is 0.130. The maximum Gasteiger partial charge on any atom is 0.324 e. The van der Waals surface area contributed by atoms with Crippen LogP contribution in [0.25, 0.3) is 33.3 Å². The number of esters is 1. The normalized spacial score (nSPS) is 23.2. The summed E-state index contributed by atoms with van der Waals surface area (Å²) in [5.74, 6) is 4.96. The number of aryl methyl sites for hydroxylation is 1. The van der Waals surface area contributed by atoms with Gasteiger partial charge < -0.3 is 24.3 Å². The van der Waals surface area contributed by atoms with Gasteiger partial charge >= 0.3 is 5.97 Å². The van der Waals surface area contributed by atoms with Crippen molar-refractivity contribution in [3.05, 3.63) is 77.6 Å². The number of aromatic nitrogens is 2. The molecule has 3 fully saturated rings. The molecule has 1 aliphatic carbocycles. The minimum Gasteiger partial charge on any atom is -0.464 e. The van der Waals surface area contributed by atoms with Crippen LogP contribution in [-0.2, 0) is 48.0 Å². The van der Waals surface area contributed by atoms with E-state index in [4.69, 9.17) is 14.5 Å². The van der Waals surface area contributed by atoms with E-state index in [1.165, 1.54) is 5.01 Å². The molecule has 1 unspecified atom stereocenters. The number of cyclic esters (lactones) is 1. The first-order valence-corrected chi connectivity index (χ1v) is 24.9. The summed E-state index contributed by atoms with van der Waals surface area (Å²) in [7, 11) is 3.72. The van der Waals surface area contributed by atoms with Gasteiger partial charge in [0.15, 0.2) is 0 Å². The second-order valence-electron chi connectivity index (χ2n) is 20.6. The second-order valence-corrected chi connectivity index (χ2v) is 20.6. The molecule has 2 aromatic carbocycles. The average molecular weight is 926 g/mol. The molecule has 8 rings (SSSR count). The number of hydrazine groups is 1. The smallest absolute Gasteiger partial charge is 0.324 e. The van der Waals surface area contributed by atoms with Crippen LogP contribution in [0.3, 0.4) is 0 Å². The van der Waals surface area contributed by atoms with Crippen LogP contribution in [0.15, 0.2) is 60.8 Å². The van der Waals surface area contributed by atoms with E-state index in [-0.39, 0.29) is 54.6 Å². The van der Waals surface area contributed by atoms with Crippen LogP contribution in [-0.4, -0.2) is 113 Å². The summed E-state index contributed by atoms with van der Waals surface area (Å²) in [6.45, 7) is 15.4. The number of nitrogens with one attached hydrogen (secondary N) is 2. The molecule has 2 N–H and O–H groups in total. The summed E-state index contributed by atoms with van der Waals surface area (Å²) < 4.78 is 14.4. The molecule has 0 spiro atoms. The van der Waals surface area contributed by atoms with E-state index in [1.54, 1.807) is 14.0 Å². The first-order valence-electron chi connectivity index (χ1n) is 24.9. The van der Waals surface area contributed by atoms with Crippen LogP contribution in [0.4, 0.5) is 0 Å². The number of fused-ring (bicyclic) bond motifs is 6. The molecule has 4 aromatic rings. The molecule has 4 aliphatic rings. The maximum absolute atomic E-state index is 15.0. The summed E-state index contributed by atoms with van der Waals surface area (Å²) in [6, 6.07) is 16.9. The number of nitrogens with zero attached hydrogens (tertiary/aromatic N) is 5. The molecule has 2 aromatic heterocycles. The Kier molecular flexibility index (Phi) is 15.1. The molecule has 2 saturated heterocycles. The third-order valence-electron chi connectivity index (χ3n) is 15.0. The first-order chi connectivity index (χ1) is 32.7. The van der Waals surface area contributed by atoms with Gasteiger partial charge in [-0.25, -0.2) is 5.43 Å². The highest BCUT2D eigenvalue weighted by Gasteiger charge is 2.41. The van der Waals surface area contributed by atoms with E-state index < -0.39 is 29.5 Å².